The number of carbonyl (C=O) groups excluding carboxylic acids is 1. The van der Waals surface area contributed by atoms with Crippen molar-refractivity contribution >= 4 is 5.91 Å². The van der Waals surface area contributed by atoms with Gasteiger partial charge in [-0.15, -0.1) is 0 Å². The maximum absolute atomic E-state index is 13.6. The molecule has 0 aliphatic heterocycles. The van der Waals surface area contributed by atoms with Gasteiger partial charge in [-0.25, -0.2) is 0 Å². The summed E-state index contributed by atoms with van der Waals surface area (Å²) in [4.78, 5) is 13.6. The number of amides is 1. The van der Waals surface area contributed by atoms with Gasteiger partial charge in [0, 0.05) is 17.8 Å². The number of nitrogens with one attached hydrogen (secondary N) is 2. The summed E-state index contributed by atoms with van der Waals surface area (Å²) < 4.78 is 39.7. The number of halogens is 3. The van der Waals surface area contributed by atoms with Gasteiger partial charge in [-0.2, -0.15) is 18.4 Å². The van der Waals surface area contributed by atoms with E-state index >= 15 is 0 Å². The Kier molecular flexibility index (Phi) is 9.88. The van der Waals surface area contributed by atoms with Crippen molar-refractivity contribution < 1.29 is 18.0 Å². The summed E-state index contributed by atoms with van der Waals surface area (Å²) in [6, 6.07) is 14.9. The number of allylic oxidation sites excluding steroid dienone is 1. The fourth-order valence-electron chi connectivity index (χ4n) is 5.28. The third kappa shape index (κ3) is 7.23. The van der Waals surface area contributed by atoms with E-state index in [1.54, 1.807) is 24.3 Å². The standard InChI is InChI=1S/C30H34F3N3O.C2H6/c1-28(2,20-34)24-13-8-12-23(18-24)27(37)36-29(15-4-3-5-16-29)26(22-10-7-11-22)35-19-21-9-6-14-25(17-21)30(31,32)33;1-2/h6,8-9,12-14,17-18,35H,3-5,7,10-11,15-16,19H2,1-2H3,(H,36,37);1-2H3. The summed E-state index contributed by atoms with van der Waals surface area (Å²) in [5, 5.41) is 16.4. The Morgan fingerprint density at radius 3 is 2.18 bits per heavy atom. The number of nitriles is 1. The van der Waals surface area contributed by atoms with Crippen molar-refractivity contribution in [1.29, 1.82) is 5.26 Å². The minimum absolute atomic E-state index is 0.198. The number of rotatable bonds is 7. The first-order valence-electron chi connectivity index (χ1n) is 14.0. The number of carbonyl (C=O) groups is 1. The zero-order valence-corrected chi connectivity index (χ0v) is 23.5. The van der Waals surface area contributed by atoms with E-state index < -0.39 is 22.7 Å². The van der Waals surface area contributed by atoms with Gasteiger partial charge in [0.15, 0.2) is 0 Å². The summed E-state index contributed by atoms with van der Waals surface area (Å²) in [7, 11) is 0. The molecule has 7 heteroatoms. The van der Waals surface area contributed by atoms with E-state index in [2.05, 4.69) is 16.7 Å². The molecule has 2 N–H and O–H groups in total. The SMILES string of the molecule is CC.CC(C)(C#N)c1cccc(C(=O)NC2(C(NCc3cccc(C(F)(F)F)c3)=C3CCC3)CCCCC2)c1. The average Bonchev–Trinajstić information content (AvgIpc) is 2.91. The molecule has 210 valence electrons. The molecule has 0 heterocycles. The van der Waals surface area contributed by atoms with E-state index in [1.807, 2.05) is 33.8 Å². The first-order valence-corrected chi connectivity index (χ1v) is 14.0. The van der Waals surface area contributed by atoms with Crippen LogP contribution in [0.15, 0.2) is 59.8 Å². The van der Waals surface area contributed by atoms with Gasteiger partial charge in [0.1, 0.15) is 0 Å². The van der Waals surface area contributed by atoms with E-state index in [9.17, 15) is 23.2 Å². The van der Waals surface area contributed by atoms with Crippen LogP contribution in [0.5, 0.6) is 0 Å². The molecule has 0 saturated heterocycles. The number of nitrogens with zero attached hydrogens (tertiary/aromatic N) is 1. The molecule has 0 radical (unpaired) electrons. The van der Waals surface area contributed by atoms with Crippen LogP contribution in [0.4, 0.5) is 13.2 Å². The molecule has 0 aromatic heterocycles. The van der Waals surface area contributed by atoms with E-state index in [0.29, 0.717) is 11.1 Å². The van der Waals surface area contributed by atoms with Crippen LogP contribution < -0.4 is 10.6 Å². The van der Waals surface area contributed by atoms with Crippen LogP contribution in [0.3, 0.4) is 0 Å². The first-order chi connectivity index (χ1) is 18.5. The van der Waals surface area contributed by atoms with Crippen LogP contribution in [-0.4, -0.2) is 11.4 Å². The minimum atomic E-state index is -4.39. The molecule has 4 rings (SSSR count). The molecular weight excluding hydrogens is 499 g/mol. The average molecular weight is 540 g/mol. The van der Waals surface area contributed by atoms with Crippen molar-refractivity contribution in [2.45, 2.75) is 103 Å². The van der Waals surface area contributed by atoms with Crippen LogP contribution in [0.2, 0.25) is 0 Å². The molecule has 39 heavy (non-hydrogen) atoms. The Bertz CT molecular complexity index is 1210. The zero-order chi connectivity index (χ0) is 28.7. The van der Waals surface area contributed by atoms with E-state index in [0.717, 1.165) is 68.7 Å². The molecule has 2 saturated carbocycles. The Hall–Kier alpha value is -3.27. The molecule has 0 atom stereocenters. The fourth-order valence-corrected chi connectivity index (χ4v) is 5.28. The molecule has 0 unspecified atom stereocenters. The van der Waals surface area contributed by atoms with Gasteiger partial charge in [0.05, 0.1) is 22.6 Å². The summed E-state index contributed by atoms with van der Waals surface area (Å²) in [6.07, 6.45) is 3.08. The van der Waals surface area contributed by atoms with Crippen molar-refractivity contribution in [1.82, 2.24) is 10.6 Å². The van der Waals surface area contributed by atoms with Crippen molar-refractivity contribution in [3.63, 3.8) is 0 Å². The van der Waals surface area contributed by atoms with E-state index in [4.69, 9.17) is 0 Å². The lowest BCUT2D eigenvalue weighted by Crippen LogP contribution is -2.55. The van der Waals surface area contributed by atoms with Crippen LogP contribution in [0.1, 0.15) is 106 Å². The largest absolute Gasteiger partial charge is 0.416 e. The zero-order valence-electron chi connectivity index (χ0n) is 23.5. The Morgan fingerprint density at radius 1 is 0.949 bits per heavy atom. The Morgan fingerprint density at radius 2 is 1.59 bits per heavy atom. The van der Waals surface area contributed by atoms with Crippen molar-refractivity contribution in [2.24, 2.45) is 0 Å². The highest BCUT2D eigenvalue weighted by Crippen LogP contribution is 2.40. The van der Waals surface area contributed by atoms with Crippen molar-refractivity contribution in [2.75, 3.05) is 0 Å². The lowest BCUT2D eigenvalue weighted by atomic mass is 9.74. The van der Waals surface area contributed by atoms with Crippen LogP contribution >= 0.6 is 0 Å². The predicted molar refractivity (Wildman–Crippen MR) is 149 cm³/mol. The lowest BCUT2D eigenvalue weighted by molar-refractivity contribution is -0.137. The summed E-state index contributed by atoms with van der Waals surface area (Å²) in [6.45, 7) is 7.90. The molecule has 2 fully saturated rings. The van der Waals surface area contributed by atoms with Crippen molar-refractivity contribution in [3.05, 3.63) is 82.1 Å². The van der Waals surface area contributed by atoms with Crippen LogP contribution in [-0.2, 0) is 18.1 Å². The third-order valence-electron chi connectivity index (χ3n) is 7.70. The Balaban J connectivity index is 0.00000205. The van der Waals surface area contributed by atoms with Gasteiger partial charge in [0.2, 0.25) is 0 Å². The highest BCUT2D eigenvalue weighted by Gasteiger charge is 2.40. The first kappa shape index (κ1) is 30.3. The van der Waals surface area contributed by atoms with Gasteiger partial charge >= 0.3 is 6.18 Å². The molecule has 2 aliphatic rings. The third-order valence-corrected chi connectivity index (χ3v) is 7.70. The smallest absolute Gasteiger partial charge is 0.382 e. The Labute approximate surface area is 230 Å². The lowest BCUT2D eigenvalue weighted by Gasteiger charge is -2.43. The second-order valence-corrected chi connectivity index (χ2v) is 10.8. The maximum atomic E-state index is 13.6. The van der Waals surface area contributed by atoms with Crippen LogP contribution in [0.25, 0.3) is 0 Å². The highest BCUT2D eigenvalue weighted by molar-refractivity contribution is 5.95. The fraction of sp³-hybridized carbons (Fsp3) is 0.500. The number of benzene rings is 2. The second-order valence-electron chi connectivity index (χ2n) is 10.8. The molecule has 4 nitrogen and oxygen atoms in total. The molecule has 2 aromatic carbocycles. The summed E-state index contributed by atoms with van der Waals surface area (Å²) in [5.41, 5.74) is 2.08. The number of hydrogen-bond acceptors (Lipinski definition) is 3. The number of alkyl halides is 3. The number of hydrogen-bond donors (Lipinski definition) is 2. The van der Waals surface area contributed by atoms with Gasteiger partial charge in [0.25, 0.3) is 5.91 Å². The summed E-state index contributed by atoms with van der Waals surface area (Å²) >= 11 is 0. The van der Waals surface area contributed by atoms with Gasteiger partial charge in [-0.3, -0.25) is 4.79 Å². The molecular formula is C32H40F3N3O. The normalized spacial score (nSPS) is 16.6. The molecule has 0 bridgehead atoms. The molecule has 2 aliphatic carbocycles. The van der Waals surface area contributed by atoms with Gasteiger partial charge in [-0.1, -0.05) is 57.4 Å². The maximum Gasteiger partial charge on any atom is 0.416 e. The second kappa shape index (κ2) is 12.7. The highest BCUT2D eigenvalue weighted by atomic mass is 19.4. The summed E-state index contributed by atoms with van der Waals surface area (Å²) in [5.74, 6) is -0.198. The minimum Gasteiger partial charge on any atom is -0.382 e. The van der Waals surface area contributed by atoms with E-state index in [-0.39, 0.29) is 12.5 Å². The van der Waals surface area contributed by atoms with Crippen molar-refractivity contribution in [3.8, 4) is 6.07 Å². The van der Waals surface area contributed by atoms with Gasteiger partial charge < -0.3 is 10.6 Å². The molecule has 2 aromatic rings. The quantitative estimate of drug-likeness (QED) is 0.373. The topological polar surface area (TPSA) is 64.9 Å². The van der Waals surface area contributed by atoms with Crippen LogP contribution in [0, 0.1) is 11.3 Å². The monoisotopic (exact) mass is 539 g/mol. The predicted octanol–water partition coefficient (Wildman–Crippen LogP) is 8.19. The van der Waals surface area contributed by atoms with E-state index in [1.165, 1.54) is 17.7 Å². The molecule has 1 amide bonds. The van der Waals surface area contributed by atoms with Gasteiger partial charge in [-0.05, 0) is 86.9 Å². The molecule has 0 spiro atoms.